The Morgan fingerprint density at radius 2 is 1.77 bits per heavy atom. The van der Waals surface area contributed by atoms with Crippen LogP contribution in [0.4, 0.5) is 0 Å². The lowest BCUT2D eigenvalue weighted by Gasteiger charge is -2.17. The third-order valence-electron chi connectivity index (χ3n) is 5.19. The van der Waals surface area contributed by atoms with Gasteiger partial charge >= 0.3 is 0 Å². The molecule has 0 aliphatic rings. The average Bonchev–Trinajstić information content (AvgIpc) is 3.17. The van der Waals surface area contributed by atoms with Crippen LogP contribution in [0.5, 0.6) is 0 Å². The fourth-order valence-corrected chi connectivity index (χ4v) is 4.05. The van der Waals surface area contributed by atoms with Gasteiger partial charge in [0.25, 0.3) is 5.91 Å². The first-order valence-electron chi connectivity index (χ1n) is 9.80. The van der Waals surface area contributed by atoms with Crippen LogP contribution < -0.4 is 5.32 Å². The van der Waals surface area contributed by atoms with Crippen molar-refractivity contribution in [1.29, 1.82) is 0 Å². The highest BCUT2D eigenvalue weighted by Gasteiger charge is 2.16. The smallest absolute Gasteiger partial charge is 0.251 e. The standard InChI is InChI=1S/C24H21Cl2N3O/c1-2-21(16-7-4-3-5-8-16)28-24(30)17-11-12-23-22(13-17)27-15-29(23)14-18-19(25)9-6-10-20(18)26/h3-13,15,21H,2,14H2,1H3,(H,28,30). The number of aromatic nitrogens is 2. The maximum absolute atomic E-state index is 12.8. The predicted molar refractivity (Wildman–Crippen MR) is 122 cm³/mol. The number of rotatable bonds is 6. The molecule has 0 spiro atoms. The van der Waals surface area contributed by atoms with Crippen molar-refractivity contribution in [2.75, 3.05) is 0 Å². The number of hydrogen-bond donors (Lipinski definition) is 1. The summed E-state index contributed by atoms with van der Waals surface area (Å²) in [7, 11) is 0. The summed E-state index contributed by atoms with van der Waals surface area (Å²) in [5.74, 6) is -0.115. The van der Waals surface area contributed by atoms with Gasteiger partial charge in [-0.15, -0.1) is 0 Å². The van der Waals surface area contributed by atoms with Crippen molar-refractivity contribution in [3.63, 3.8) is 0 Å². The van der Waals surface area contributed by atoms with Crippen LogP contribution in [0.1, 0.15) is 40.9 Å². The van der Waals surface area contributed by atoms with Crippen LogP contribution in [0, 0.1) is 0 Å². The van der Waals surface area contributed by atoms with E-state index in [1.165, 1.54) is 0 Å². The molecule has 0 aliphatic heterocycles. The number of amides is 1. The highest BCUT2D eigenvalue weighted by molar-refractivity contribution is 6.36. The number of nitrogens with one attached hydrogen (secondary N) is 1. The number of carbonyl (C=O) groups is 1. The molecule has 1 unspecified atom stereocenters. The van der Waals surface area contributed by atoms with E-state index in [4.69, 9.17) is 23.2 Å². The van der Waals surface area contributed by atoms with Crippen LogP contribution in [-0.2, 0) is 6.54 Å². The van der Waals surface area contributed by atoms with Crippen molar-refractivity contribution in [1.82, 2.24) is 14.9 Å². The van der Waals surface area contributed by atoms with Crippen LogP contribution in [0.25, 0.3) is 11.0 Å². The number of fused-ring (bicyclic) bond motifs is 1. The van der Waals surface area contributed by atoms with Crippen LogP contribution >= 0.6 is 23.2 Å². The van der Waals surface area contributed by atoms with Crippen molar-refractivity contribution in [2.24, 2.45) is 0 Å². The summed E-state index contributed by atoms with van der Waals surface area (Å²) in [4.78, 5) is 17.3. The molecule has 30 heavy (non-hydrogen) atoms. The average molecular weight is 438 g/mol. The van der Waals surface area contributed by atoms with Gasteiger partial charge in [-0.25, -0.2) is 4.98 Å². The molecule has 1 aromatic heterocycles. The number of imidazole rings is 1. The monoisotopic (exact) mass is 437 g/mol. The molecule has 152 valence electrons. The topological polar surface area (TPSA) is 46.9 Å². The van der Waals surface area contributed by atoms with Crippen molar-refractivity contribution in [3.05, 3.63) is 99.8 Å². The molecule has 1 heterocycles. The van der Waals surface area contributed by atoms with Gasteiger partial charge in [0.05, 0.1) is 29.9 Å². The van der Waals surface area contributed by atoms with Crippen molar-refractivity contribution >= 4 is 40.1 Å². The maximum atomic E-state index is 12.8. The molecule has 0 saturated heterocycles. The number of hydrogen-bond acceptors (Lipinski definition) is 2. The van der Waals surface area contributed by atoms with Crippen LogP contribution in [-0.4, -0.2) is 15.5 Å². The van der Waals surface area contributed by atoms with Crippen molar-refractivity contribution in [2.45, 2.75) is 25.9 Å². The Bertz CT molecular complexity index is 1170. The van der Waals surface area contributed by atoms with Crippen LogP contribution in [0.2, 0.25) is 10.0 Å². The first-order chi connectivity index (χ1) is 14.6. The second kappa shape index (κ2) is 8.90. The van der Waals surface area contributed by atoms with Gasteiger partial charge in [-0.2, -0.15) is 0 Å². The van der Waals surface area contributed by atoms with Gasteiger partial charge < -0.3 is 9.88 Å². The Balaban J connectivity index is 1.56. The van der Waals surface area contributed by atoms with Crippen molar-refractivity contribution < 1.29 is 4.79 Å². The van der Waals surface area contributed by atoms with E-state index in [2.05, 4.69) is 17.2 Å². The Hall–Kier alpha value is -2.82. The lowest BCUT2D eigenvalue weighted by molar-refractivity contribution is 0.0935. The van der Waals surface area contributed by atoms with E-state index in [9.17, 15) is 4.79 Å². The predicted octanol–water partition coefficient (Wildman–Crippen LogP) is 6.27. The van der Waals surface area contributed by atoms with Gasteiger partial charge in [-0.1, -0.05) is 66.5 Å². The van der Waals surface area contributed by atoms with E-state index in [1.54, 1.807) is 6.33 Å². The summed E-state index contributed by atoms with van der Waals surface area (Å²) < 4.78 is 1.98. The van der Waals surface area contributed by atoms with E-state index in [1.807, 2.05) is 71.3 Å². The van der Waals surface area contributed by atoms with Gasteiger partial charge in [-0.3, -0.25) is 4.79 Å². The summed E-state index contributed by atoms with van der Waals surface area (Å²) in [5, 5.41) is 4.35. The molecule has 1 amide bonds. The third kappa shape index (κ3) is 4.20. The van der Waals surface area contributed by atoms with Gasteiger partial charge in [0, 0.05) is 21.2 Å². The summed E-state index contributed by atoms with van der Waals surface area (Å²) in [5.41, 5.74) is 4.18. The minimum atomic E-state index is -0.115. The quantitative estimate of drug-likeness (QED) is 0.386. The van der Waals surface area contributed by atoms with Crippen LogP contribution in [0.15, 0.2) is 73.1 Å². The minimum Gasteiger partial charge on any atom is -0.345 e. The zero-order valence-corrected chi connectivity index (χ0v) is 18.0. The molecule has 0 bridgehead atoms. The zero-order valence-electron chi connectivity index (χ0n) is 16.5. The molecule has 6 heteroatoms. The minimum absolute atomic E-state index is 0.0330. The molecule has 0 fully saturated rings. The first-order valence-corrected chi connectivity index (χ1v) is 10.6. The van der Waals surface area contributed by atoms with Crippen LogP contribution in [0.3, 0.4) is 0 Å². The Morgan fingerprint density at radius 3 is 2.47 bits per heavy atom. The molecule has 4 aromatic rings. The maximum Gasteiger partial charge on any atom is 0.251 e. The third-order valence-corrected chi connectivity index (χ3v) is 5.90. The van der Waals surface area contributed by atoms with Gasteiger partial charge in [0.15, 0.2) is 0 Å². The summed E-state index contributed by atoms with van der Waals surface area (Å²) in [6.07, 6.45) is 2.55. The summed E-state index contributed by atoms with van der Waals surface area (Å²) >= 11 is 12.6. The van der Waals surface area contributed by atoms with E-state index in [0.717, 1.165) is 28.6 Å². The van der Waals surface area contributed by atoms with Gasteiger partial charge in [-0.05, 0) is 42.3 Å². The Kier molecular flexibility index (Phi) is 6.07. The molecule has 0 radical (unpaired) electrons. The molecule has 0 aliphatic carbocycles. The summed E-state index contributed by atoms with van der Waals surface area (Å²) in [6.45, 7) is 2.56. The summed E-state index contributed by atoms with van der Waals surface area (Å²) in [6, 6.07) is 21.0. The normalized spacial score (nSPS) is 12.1. The van der Waals surface area contributed by atoms with E-state index in [-0.39, 0.29) is 11.9 Å². The first kappa shape index (κ1) is 20.5. The zero-order chi connectivity index (χ0) is 21.1. The highest BCUT2D eigenvalue weighted by Crippen LogP contribution is 2.27. The molecular weight excluding hydrogens is 417 g/mol. The molecule has 4 nitrogen and oxygen atoms in total. The molecule has 1 atom stereocenters. The lowest BCUT2D eigenvalue weighted by atomic mass is 10.0. The van der Waals surface area contributed by atoms with Gasteiger partial charge in [0.2, 0.25) is 0 Å². The Labute approximate surface area is 185 Å². The molecule has 3 aromatic carbocycles. The largest absolute Gasteiger partial charge is 0.345 e. The fourth-order valence-electron chi connectivity index (χ4n) is 3.53. The number of halogens is 2. The number of benzene rings is 3. The van der Waals surface area contributed by atoms with Gasteiger partial charge in [0.1, 0.15) is 0 Å². The van der Waals surface area contributed by atoms with E-state index >= 15 is 0 Å². The molecule has 0 saturated carbocycles. The number of carbonyl (C=O) groups excluding carboxylic acids is 1. The van der Waals surface area contributed by atoms with E-state index < -0.39 is 0 Å². The Morgan fingerprint density at radius 1 is 1.03 bits per heavy atom. The van der Waals surface area contributed by atoms with Crippen molar-refractivity contribution in [3.8, 4) is 0 Å². The molecule has 1 N–H and O–H groups in total. The lowest BCUT2D eigenvalue weighted by Crippen LogP contribution is -2.28. The molecule has 4 rings (SSSR count). The number of nitrogens with zero attached hydrogens (tertiary/aromatic N) is 2. The second-order valence-corrected chi connectivity index (χ2v) is 7.94. The van der Waals surface area contributed by atoms with E-state index in [0.29, 0.717) is 22.2 Å². The SMILES string of the molecule is CCC(NC(=O)c1ccc2c(c1)ncn2Cc1c(Cl)cccc1Cl)c1ccccc1. The fraction of sp³-hybridized carbons (Fsp3) is 0.167. The highest BCUT2D eigenvalue weighted by atomic mass is 35.5. The second-order valence-electron chi connectivity index (χ2n) is 7.12. The molecular formula is C24H21Cl2N3O.